The minimum Gasteiger partial charge on any atom is -0.462 e. The lowest BCUT2D eigenvalue weighted by Gasteiger charge is -1.85. The quantitative estimate of drug-likeness (QED) is 0.406. The van der Waals surface area contributed by atoms with Crippen LogP contribution < -0.4 is 0 Å². The molecule has 0 unspecified atom stereocenters. The van der Waals surface area contributed by atoms with Crippen molar-refractivity contribution < 1.29 is 9.34 Å². The summed E-state index contributed by atoms with van der Waals surface area (Å²) in [5.41, 5.74) is 0. The number of hydrogen-bond donors (Lipinski definition) is 0. The molecule has 0 aliphatic carbocycles. The van der Waals surface area contributed by atoms with Crippen LogP contribution in [0.3, 0.4) is 0 Å². The molecule has 12 heavy (non-hydrogen) atoms. The first-order valence-electron chi connectivity index (χ1n) is 3.17. The number of halogens is 1. The van der Waals surface area contributed by atoms with Gasteiger partial charge in [-0.15, -0.1) is 0 Å². The van der Waals surface area contributed by atoms with E-state index < -0.39 is 10.1 Å². The molecule has 1 heterocycles. The van der Waals surface area contributed by atoms with Crippen molar-refractivity contribution in [3.05, 3.63) is 38.9 Å². The second kappa shape index (κ2) is 3.40. The van der Waals surface area contributed by atoms with E-state index in [2.05, 4.69) is 0 Å². The fourth-order valence-corrected chi connectivity index (χ4v) is 0.809. The maximum absolute atomic E-state index is 10.1. The summed E-state index contributed by atoms with van der Waals surface area (Å²) in [4.78, 5) is 9.39. The molecule has 0 aromatic carbocycles. The summed E-state index contributed by atoms with van der Waals surface area (Å²) in [7, 11) is 0. The van der Waals surface area contributed by atoms with Crippen LogP contribution in [-0.4, -0.2) is 4.92 Å². The molecule has 0 N–H and O–H groups in total. The summed E-state index contributed by atoms with van der Waals surface area (Å²) < 4.78 is 5.04. The van der Waals surface area contributed by atoms with Crippen molar-refractivity contribution in [2.75, 3.05) is 0 Å². The van der Waals surface area contributed by atoms with Crippen molar-refractivity contribution in [1.29, 1.82) is 0 Å². The molecule has 4 nitrogen and oxygen atoms in total. The summed E-state index contributed by atoms with van der Waals surface area (Å²) in [5, 5.41) is 9.62. The van der Waals surface area contributed by atoms with E-state index >= 15 is 0 Å². The molecule has 0 atom stereocenters. The number of hydrogen-bond acceptors (Lipinski definition) is 3. The molecule has 0 fully saturated rings. The Morgan fingerprint density at radius 3 is 2.83 bits per heavy atom. The van der Waals surface area contributed by atoms with Crippen molar-refractivity contribution in [2.45, 2.75) is 6.92 Å². The molecule has 0 bridgehead atoms. The molecule has 0 spiro atoms. The highest BCUT2D eigenvalue weighted by molar-refractivity contribution is 6.29. The van der Waals surface area contributed by atoms with Crippen molar-refractivity contribution in [3.63, 3.8) is 0 Å². The minimum absolute atomic E-state index is 0.384. The highest BCUT2D eigenvalue weighted by atomic mass is 35.5. The highest BCUT2D eigenvalue weighted by Gasteiger charge is 2.06. The van der Waals surface area contributed by atoms with Gasteiger partial charge in [-0.1, -0.05) is 0 Å². The van der Waals surface area contributed by atoms with Crippen molar-refractivity contribution in [2.24, 2.45) is 0 Å². The lowest BCUT2D eigenvalue weighted by atomic mass is 10.4. The van der Waals surface area contributed by atoms with Crippen molar-refractivity contribution in [1.82, 2.24) is 0 Å². The molecule has 0 aliphatic heterocycles. The predicted octanol–water partition coefficient (Wildman–Crippen LogP) is 2.40. The van der Waals surface area contributed by atoms with Gasteiger partial charge in [0.25, 0.3) is 0 Å². The normalized spacial score (nSPS) is 11.7. The maximum Gasteiger partial charge on any atom is 0.340 e. The largest absolute Gasteiger partial charge is 0.462 e. The first-order valence-corrected chi connectivity index (χ1v) is 3.55. The smallest absolute Gasteiger partial charge is 0.340 e. The molecule has 0 amide bonds. The van der Waals surface area contributed by atoms with E-state index in [1.807, 2.05) is 0 Å². The van der Waals surface area contributed by atoms with Gasteiger partial charge in [0.05, 0.1) is 11.0 Å². The van der Waals surface area contributed by atoms with Crippen molar-refractivity contribution in [3.8, 4) is 0 Å². The molecule has 0 radical (unpaired) electrons. The Hall–Kier alpha value is -1.29. The van der Waals surface area contributed by atoms with Crippen LogP contribution in [0.25, 0.3) is 6.08 Å². The number of nitro groups is 1. The standard InChI is InChI=1S/C7H6ClNO3/c1-5-2-3-6(12-5)4-7(8)9(10)11/h2-4H,1H3. The number of furan rings is 1. The van der Waals surface area contributed by atoms with Gasteiger partial charge in [0.15, 0.2) is 0 Å². The van der Waals surface area contributed by atoms with Crippen LogP contribution in [-0.2, 0) is 0 Å². The predicted molar refractivity (Wildman–Crippen MR) is 44.3 cm³/mol. The number of aryl methyl sites for hydroxylation is 1. The van der Waals surface area contributed by atoms with Gasteiger partial charge in [-0.3, -0.25) is 10.1 Å². The third kappa shape index (κ3) is 2.10. The van der Waals surface area contributed by atoms with Crippen LogP contribution in [0, 0.1) is 17.0 Å². The van der Waals surface area contributed by atoms with Crippen molar-refractivity contribution >= 4 is 17.7 Å². The van der Waals surface area contributed by atoms with Gasteiger partial charge in [0.2, 0.25) is 0 Å². The maximum atomic E-state index is 10.1. The summed E-state index contributed by atoms with van der Waals surface area (Å²) in [5.74, 6) is 1.07. The summed E-state index contributed by atoms with van der Waals surface area (Å²) in [6.45, 7) is 1.75. The third-order valence-corrected chi connectivity index (χ3v) is 1.44. The monoisotopic (exact) mass is 187 g/mol. The van der Waals surface area contributed by atoms with Gasteiger partial charge in [-0.05, 0) is 30.7 Å². The summed E-state index contributed by atoms with van der Waals surface area (Å²) in [6.07, 6.45) is 1.16. The van der Waals surface area contributed by atoms with Gasteiger partial charge < -0.3 is 4.42 Å². The average Bonchev–Trinajstić information content (AvgIpc) is 2.35. The van der Waals surface area contributed by atoms with E-state index in [-0.39, 0.29) is 0 Å². The molecular formula is C7H6ClNO3. The third-order valence-electron chi connectivity index (χ3n) is 1.20. The Labute approximate surface area is 73.6 Å². The second-order valence-electron chi connectivity index (χ2n) is 2.17. The lowest BCUT2D eigenvalue weighted by molar-refractivity contribution is -0.410. The van der Waals surface area contributed by atoms with Gasteiger partial charge in [0, 0.05) is 0 Å². The highest BCUT2D eigenvalue weighted by Crippen LogP contribution is 2.13. The molecule has 0 saturated carbocycles. The number of nitrogens with zero attached hydrogens (tertiary/aromatic N) is 1. The lowest BCUT2D eigenvalue weighted by Crippen LogP contribution is -1.89. The fraction of sp³-hybridized carbons (Fsp3) is 0.143. The van der Waals surface area contributed by atoms with E-state index in [9.17, 15) is 10.1 Å². The summed E-state index contributed by atoms with van der Waals surface area (Å²) in [6, 6.07) is 3.32. The SMILES string of the molecule is Cc1ccc(C=C(Cl)[N+](=O)[O-])o1. The van der Waals surface area contributed by atoms with Crippen LogP contribution in [0.5, 0.6) is 0 Å². The molecule has 1 aromatic heterocycles. The molecule has 1 aromatic rings. The average molecular weight is 188 g/mol. The minimum atomic E-state index is -0.681. The zero-order valence-electron chi connectivity index (χ0n) is 6.28. The Balaban J connectivity index is 2.87. The van der Waals surface area contributed by atoms with E-state index in [4.69, 9.17) is 16.0 Å². The molecular weight excluding hydrogens is 182 g/mol. The summed E-state index contributed by atoms with van der Waals surface area (Å²) >= 11 is 5.26. The van der Waals surface area contributed by atoms with E-state index in [0.717, 1.165) is 6.08 Å². The molecule has 64 valence electrons. The Kier molecular flexibility index (Phi) is 2.50. The van der Waals surface area contributed by atoms with E-state index in [0.29, 0.717) is 11.5 Å². The number of rotatable bonds is 2. The second-order valence-corrected chi connectivity index (χ2v) is 2.56. The fourth-order valence-electron chi connectivity index (χ4n) is 0.701. The topological polar surface area (TPSA) is 56.3 Å². The van der Waals surface area contributed by atoms with Gasteiger partial charge in [-0.2, -0.15) is 0 Å². The zero-order chi connectivity index (χ0) is 9.14. The Morgan fingerprint density at radius 1 is 1.75 bits per heavy atom. The Bertz CT molecular complexity index is 329. The van der Waals surface area contributed by atoms with E-state index in [1.54, 1.807) is 19.1 Å². The Morgan fingerprint density at radius 2 is 2.42 bits per heavy atom. The van der Waals surface area contributed by atoms with Crippen LogP contribution in [0.4, 0.5) is 0 Å². The molecule has 5 heteroatoms. The molecule has 1 rings (SSSR count). The zero-order valence-corrected chi connectivity index (χ0v) is 7.04. The van der Waals surface area contributed by atoms with Gasteiger partial charge >= 0.3 is 5.16 Å². The van der Waals surface area contributed by atoms with E-state index in [1.165, 1.54) is 0 Å². The van der Waals surface area contributed by atoms with Crippen LogP contribution in [0.2, 0.25) is 0 Å². The van der Waals surface area contributed by atoms with Gasteiger partial charge in [0.1, 0.15) is 11.5 Å². The molecule has 0 saturated heterocycles. The first-order chi connectivity index (χ1) is 5.59. The first kappa shape index (κ1) is 8.80. The van der Waals surface area contributed by atoms with Gasteiger partial charge in [-0.25, -0.2) is 0 Å². The van der Waals surface area contributed by atoms with Crippen LogP contribution >= 0.6 is 11.6 Å². The molecule has 0 aliphatic rings. The van der Waals surface area contributed by atoms with Crippen LogP contribution in [0.15, 0.2) is 21.7 Å². The van der Waals surface area contributed by atoms with Crippen LogP contribution in [0.1, 0.15) is 11.5 Å².